The molecule has 1 atom stereocenters. The molecular formula is C29H29FN6O2. The first-order valence-corrected chi connectivity index (χ1v) is 13.0. The number of aromatic amines is 1. The van der Waals surface area contributed by atoms with Crippen molar-refractivity contribution >= 4 is 10.9 Å². The summed E-state index contributed by atoms with van der Waals surface area (Å²) in [5.74, 6) is 1.06. The van der Waals surface area contributed by atoms with Gasteiger partial charge in [-0.3, -0.25) is 9.69 Å². The first-order chi connectivity index (χ1) is 18.6. The number of nitrogens with zero attached hydrogens (tertiary/aromatic N) is 5. The second kappa shape index (κ2) is 10.3. The Morgan fingerprint density at radius 1 is 1.11 bits per heavy atom. The average molecular weight is 513 g/mol. The van der Waals surface area contributed by atoms with E-state index in [1.165, 1.54) is 12.1 Å². The van der Waals surface area contributed by atoms with Gasteiger partial charge in [0.25, 0.3) is 5.56 Å². The fraction of sp³-hybridized carbons (Fsp3) is 0.310. The van der Waals surface area contributed by atoms with Crippen LogP contribution in [-0.4, -0.2) is 30.1 Å². The Morgan fingerprint density at radius 2 is 1.92 bits per heavy atom. The number of nitrogens with one attached hydrogen (secondary N) is 1. The Balaban J connectivity index is 1.53. The number of pyridine rings is 1. The minimum Gasteiger partial charge on any atom is -0.468 e. The molecule has 0 amide bonds. The molecule has 9 heteroatoms. The maximum Gasteiger partial charge on any atom is 0.253 e. The van der Waals surface area contributed by atoms with Gasteiger partial charge in [-0.2, -0.15) is 0 Å². The molecule has 1 aliphatic rings. The Kier molecular flexibility index (Phi) is 6.59. The largest absolute Gasteiger partial charge is 0.468 e. The van der Waals surface area contributed by atoms with Gasteiger partial charge >= 0.3 is 0 Å². The first-order valence-electron chi connectivity index (χ1n) is 13.0. The number of halogens is 1. The lowest BCUT2D eigenvalue weighted by Gasteiger charge is -2.31. The lowest BCUT2D eigenvalue weighted by molar-refractivity contribution is 0.176. The molecule has 1 fully saturated rings. The minimum absolute atomic E-state index is 0.181. The van der Waals surface area contributed by atoms with Crippen LogP contribution in [0.5, 0.6) is 0 Å². The van der Waals surface area contributed by atoms with Crippen molar-refractivity contribution in [1.82, 2.24) is 30.1 Å². The van der Waals surface area contributed by atoms with E-state index in [2.05, 4.69) is 25.4 Å². The number of furan rings is 1. The fourth-order valence-corrected chi connectivity index (χ4v) is 5.56. The number of aromatic nitrogens is 5. The number of H-pyrrole nitrogens is 1. The van der Waals surface area contributed by atoms with Gasteiger partial charge in [0.1, 0.15) is 17.6 Å². The summed E-state index contributed by atoms with van der Waals surface area (Å²) in [6, 6.07) is 17.7. The maximum absolute atomic E-state index is 13.7. The van der Waals surface area contributed by atoms with E-state index in [0.717, 1.165) is 53.5 Å². The maximum atomic E-state index is 13.7. The predicted molar refractivity (Wildman–Crippen MR) is 141 cm³/mol. The number of para-hydroxylation sites is 1. The number of rotatable bonds is 8. The van der Waals surface area contributed by atoms with E-state index < -0.39 is 6.04 Å². The molecule has 6 rings (SSSR count). The van der Waals surface area contributed by atoms with Gasteiger partial charge in [-0.25, -0.2) is 9.07 Å². The lowest BCUT2D eigenvalue weighted by Crippen LogP contribution is -2.35. The zero-order valence-corrected chi connectivity index (χ0v) is 21.2. The zero-order valence-electron chi connectivity index (χ0n) is 21.2. The van der Waals surface area contributed by atoms with E-state index in [9.17, 15) is 9.18 Å². The van der Waals surface area contributed by atoms with Crippen molar-refractivity contribution in [3.05, 3.63) is 111 Å². The van der Waals surface area contributed by atoms with Crippen molar-refractivity contribution < 1.29 is 8.81 Å². The summed E-state index contributed by atoms with van der Waals surface area (Å²) in [5.41, 5.74) is 3.06. The molecule has 0 bridgehead atoms. The zero-order chi connectivity index (χ0) is 26.1. The van der Waals surface area contributed by atoms with Crippen LogP contribution in [0.4, 0.5) is 4.39 Å². The highest BCUT2D eigenvalue weighted by atomic mass is 19.1. The van der Waals surface area contributed by atoms with Crippen LogP contribution in [0, 0.1) is 12.7 Å². The molecule has 3 heterocycles. The van der Waals surface area contributed by atoms with Crippen LogP contribution in [-0.2, 0) is 13.1 Å². The van der Waals surface area contributed by atoms with Gasteiger partial charge in [-0.1, -0.05) is 43.2 Å². The lowest BCUT2D eigenvalue weighted by atomic mass is 10.0. The normalized spacial score (nSPS) is 15.0. The van der Waals surface area contributed by atoms with Gasteiger partial charge in [-0.15, -0.1) is 5.10 Å². The van der Waals surface area contributed by atoms with Crippen LogP contribution in [0.2, 0.25) is 0 Å². The number of aryl methyl sites for hydroxylation is 1. The van der Waals surface area contributed by atoms with Crippen LogP contribution in [0.25, 0.3) is 10.9 Å². The fourth-order valence-electron chi connectivity index (χ4n) is 5.56. The summed E-state index contributed by atoms with van der Waals surface area (Å²) >= 11 is 0. The van der Waals surface area contributed by atoms with E-state index in [1.807, 2.05) is 48.0 Å². The van der Waals surface area contributed by atoms with E-state index in [-0.39, 0.29) is 17.4 Å². The highest BCUT2D eigenvalue weighted by molar-refractivity contribution is 5.82. The quantitative estimate of drug-likeness (QED) is 0.297. The van der Waals surface area contributed by atoms with Gasteiger partial charge in [-0.05, 0) is 77.0 Å². The van der Waals surface area contributed by atoms with E-state index in [1.54, 1.807) is 18.4 Å². The molecule has 0 unspecified atom stereocenters. The summed E-state index contributed by atoms with van der Waals surface area (Å²) in [7, 11) is 0. The molecule has 1 aliphatic carbocycles. The molecule has 2 aromatic carbocycles. The summed E-state index contributed by atoms with van der Waals surface area (Å²) in [6.07, 6.45) is 5.86. The van der Waals surface area contributed by atoms with E-state index in [4.69, 9.17) is 4.42 Å². The molecule has 5 aromatic rings. The number of fused-ring (bicyclic) bond motifs is 1. The third-order valence-electron chi connectivity index (χ3n) is 7.45. The van der Waals surface area contributed by atoms with Crippen LogP contribution in [0.3, 0.4) is 0 Å². The van der Waals surface area contributed by atoms with Gasteiger partial charge in [0, 0.05) is 12.1 Å². The van der Waals surface area contributed by atoms with Crippen LogP contribution in [0.1, 0.15) is 66.0 Å². The molecule has 1 N–H and O–H groups in total. The molecule has 0 spiro atoms. The molecular weight excluding hydrogens is 483 g/mol. The second-order valence-electron chi connectivity index (χ2n) is 10.0. The highest BCUT2D eigenvalue weighted by Crippen LogP contribution is 2.35. The summed E-state index contributed by atoms with van der Waals surface area (Å²) in [6.45, 7) is 2.81. The van der Waals surface area contributed by atoms with E-state index in [0.29, 0.717) is 24.5 Å². The van der Waals surface area contributed by atoms with Crippen molar-refractivity contribution in [2.75, 3.05) is 0 Å². The number of tetrazole rings is 1. The topological polar surface area (TPSA) is 92.8 Å². The first kappa shape index (κ1) is 24.2. The van der Waals surface area contributed by atoms with Gasteiger partial charge in [0.2, 0.25) is 0 Å². The van der Waals surface area contributed by atoms with Crippen molar-refractivity contribution in [1.29, 1.82) is 0 Å². The summed E-state index contributed by atoms with van der Waals surface area (Å²) < 4.78 is 21.4. The SMILES string of the molecule is Cc1cccc2cc([C@@H](c3nnnn3C3CCCC3)N(Cc3ccc(F)cc3)Cc3ccco3)c(=O)[nH]c12. The third-order valence-corrected chi connectivity index (χ3v) is 7.45. The molecule has 0 aliphatic heterocycles. The summed E-state index contributed by atoms with van der Waals surface area (Å²) in [5, 5.41) is 13.9. The van der Waals surface area contributed by atoms with Crippen LogP contribution in [0.15, 0.2) is 76.1 Å². The van der Waals surface area contributed by atoms with Crippen molar-refractivity contribution in [3.63, 3.8) is 0 Å². The average Bonchev–Trinajstić information content (AvgIpc) is 3.70. The standard InChI is InChI=1S/C29H29FN6O2/c1-19-6-4-7-21-16-25(29(37)31-26(19)21)27(28-32-33-34-36(28)23-8-2-3-9-23)35(18-24-10-5-15-38-24)17-20-11-13-22(30)14-12-20/h4-7,10-16,23,27H,2-3,8-9,17-18H2,1H3,(H,31,37)/t27-/m0/s1. The second-order valence-corrected chi connectivity index (χ2v) is 10.0. The number of benzene rings is 2. The number of hydrogen-bond acceptors (Lipinski definition) is 6. The van der Waals surface area contributed by atoms with Crippen LogP contribution >= 0.6 is 0 Å². The smallest absolute Gasteiger partial charge is 0.253 e. The Hall–Kier alpha value is -4.11. The van der Waals surface area contributed by atoms with Crippen molar-refractivity contribution in [3.8, 4) is 0 Å². The molecule has 8 nitrogen and oxygen atoms in total. The molecule has 0 saturated heterocycles. The van der Waals surface area contributed by atoms with E-state index >= 15 is 0 Å². The highest BCUT2D eigenvalue weighted by Gasteiger charge is 2.34. The van der Waals surface area contributed by atoms with Crippen molar-refractivity contribution in [2.24, 2.45) is 0 Å². The summed E-state index contributed by atoms with van der Waals surface area (Å²) in [4.78, 5) is 19.0. The minimum atomic E-state index is -0.575. The van der Waals surface area contributed by atoms with Gasteiger partial charge in [0.05, 0.1) is 24.4 Å². The Bertz CT molecular complexity index is 1590. The molecule has 0 radical (unpaired) electrons. The Morgan fingerprint density at radius 3 is 2.68 bits per heavy atom. The molecule has 3 aromatic heterocycles. The Labute approximate surface area is 219 Å². The third kappa shape index (κ3) is 4.77. The van der Waals surface area contributed by atoms with Crippen LogP contribution < -0.4 is 5.56 Å². The molecule has 1 saturated carbocycles. The van der Waals surface area contributed by atoms with Gasteiger partial charge < -0.3 is 9.40 Å². The molecule has 38 heavy (non-hydrogen) atoms. The monoisotopic (exact) mass is 512 g/mol. The van der Waals surface area contributed by atoms with Gasteiger partial charge in [0.15, 0.2) is 5.82 Å². The predicted octanol–water partition coefficient (Wildman–Crippen LogP) is 5.46. The van der Waals surface area contributed by atoms with Crippen molar-refractivity contribution in [2.45, 2.75) is 57.8 Å². The number of hydrogen-bond donors (Lipinski definition) is 1. The molecule has 194 valence electrons.